The van der Waals surface area contributed by atoms with Crippen LogP contribution in [0, 0.1) is 6.92 Å². The summed E-state index contributed by atoms with van der Waals surface area (Å²) in [4.78, 5) is 15.7. The maximum Gasteiger partial charge on any atom is 0.226 e. The second-order valence-electron chi connectivity index (χ2n) is 4.70. The number of ether oxygens (including phenoxy) is 1. The minimum absolute atomic E-state index is 0.0477. The van der Waals surface area contributed by atoms with Gasteiger partial charge in [-0.15, -0.1) is 0 Å². The van der Waals surface area contributed by atoms with Crippen molar-refractivity contribution in [3.63, 3.8) is 0 Å². The van der Waals surface area contributed by atoms with Crippen LogP contribution in [0.3, 0.4) is 0 Å². The molecule has 0 spiro atoms. The first-order valence-electron chi connectivity index (χ1n) is 7.01. The Balaban J connectivity index is 2.05. The van der Waals surface area contributed by atoms with E-state index in [-0.39, 0.29) is 5.91 Å². The summed E-state index contributed by atoms with van der Waals surface area (Å²) in [7, 11) is 1.63. The molecule has 0 bridgehead atoms. The smallest absolute Gasteiger partial charge is 0.226 e. The van der Waals surface area contributed by atoms with Crippen molar-refractivity contribution in [2.24, 2.45) is 0 Å². The highest BCUT2D eigenvalue weighted by Gasteiger charge is 2.11. The summed E-state index contributed by atoms with van der Waals surface area (Å²) >= 11 is 0. The van der Waals surface area contributed by atoms with Gasteiger partial charge in [0.15, 0.2) is 0 Å². The molecule has 2 aromatic rings. The normalized spacial score (nSPS) is 10.4. The number of hydrogen-bond donors (Lipinski definition) is 1. The zero-order chi connectivity index (χ0) is 15.2. The zero-order valence-electron chi connectivity index (χ0n) is 12.6. The number of aryl methyl sites for hydroxylation is 1. The fraction of sp³-hybridized carbons (Fsp3) is 0.375. The minimum atomic E-state index is 0.0477. The number of carbonyl (C=O) groups is 1. The number of amides is 1. The lowest BCUT2D eigenvalue weighted by Crippen LogP contribution is -2.24. The van der Waals surface area contributed by atoms with Crippen molar-refractivity contribution in [1.82, 2.24) is 10.3 Å². The molecule has 1 amide bonds. The molecule has 0 aliphatic heterocycles. The van der Waals surface area contributed by atoms with Crippen molar-refractivity contribution < 1.29 is 13.9 Å². The van der Waals surface area contributed by atoms with E-state index in [9.17, 15) is 4.79 Å². The molecule has 2 rings (SSSR count). The molecule has 0 fully saturated rings. The second kappa shape index (κ2) is 6.92. The van der Waals surface area contributed by atoms with Gasteiger partial charge in [0.1, 0.15) is 11.5 Å². The first-order chi connectivity index (χ1) is 10.1. The number of nitrogens with zero attached hydrogens (tertiary/aromatic N) is 1. The summed E-state index contributed by atoms with van der Waals surface area (Å²) in [6.07, 6.45) is 1.16. The third-order valence-corrected chi connectivity index (χ3v) is 3.23. The highest BCUT2D eigenvalue weighted by molar-refractivity contribution is 5.75. The average molecular weight is 288 g/mol. The predicted molar refractivity (Wildman–Crippen MR) is 80.2 cm³/mol. The Labute approximate surface area is 124 Å². The van der Waals surface area contributed by atoms with E-state index in [0.717, 1.165) is 22.8 Å². The maximum absolute atomic E-state index is 11.2. The molecule has 0 atom stereocenters. The molecule has 112 valence electrons. The molecule has 0 saturated carbocycles. The molecule has 0 unspecified atom stereocenters. The lowest BCUT2D eigenvalue weighted by molar-refractivity contribution is -0.120. The molecule has 0 aliphatic rings. The number of hydrogen-bond acceptors (Lipinski definition) is 4. The third kappa shape index (κ3) is 3.84. The van der Waals surface area contributed by atoms with E-state index in [1.54, 1.807) is 7.11 Å². The summed E-state index contributed by atoms with van der Waals surface area (Å²) in [5.41, 5.74) is 1.78. The standard InChI is InChI=1S/C16H20N2O3/c1-4-15(19)17-10-9-14-11(2)21-16(18-14)12-5-7-13(20-3)8-6-12/h5-8H,4,9-10H2,1-3H3,(H,17,19). The quantitative estimate of drug-likeness (QED) is 0.887. The molecular formula is C16H20N2O3. The molecule has 1 N–H and O–H groups in total. The van der Waals surface area contributed by atoms with E-state index in [0.29, 0.717) is 25.3 Å². The Morgan fingerprint density at radius 3 is 2.67 bits per heavy atom. The number of benzene rings is 1. The summed E-state index contributed by atoms with van der Waals surface area (Å²) in [5.74, 6) is 2.22. The number of nitrogens with one attached hydrogen (secondary N) is 1. The van der Waals surface area contributed by atoms with Crippen molar-refractivity contribution in [3.8, 4) is 17.2 Å². The average Bonchev–Trinajstić information content (AvgIpc) is 2.88. The van der Waals surface area contributed by atoms with Crippen molar-refractivity contribution in [2.45, 2.75) is 26.7 Å². The Morgan fingerprint density at radius 1 is 1.33 bits per heavy atom. The van der Waals surface area contributed by atoms with Crippen molar-refractivity contribution >= 4 is 5.91 Å². The number of oxazole rings is 1. The van der Waals surface area contributed by atoms with Crippen molar-refractivity contribution in [1.29, 1.82) is 0 Å². The Bertz CT molecular complexity index is 602. The van der Waals surface area contributed by atoms with Gasteiger partial charge >= 0.3 is 0 Å². The lowest BCUT2D eigenvalue weighted by Gasteiger charge is -2.01. The van der Waals surface area contributed by atoms with Crippen LogP contribution in [-0.2, 0) is 11.2 Å². The first-order valence-corrected chi connectivity index (χ1v) is 7.01. The van der Waals surface area contributed by atoms with Crippen LogP contribution in [0.5, 0.6) is 5.75 Å². The van der Waals surface area contributed by atoms with Gasteiger partial charge in [-0.1, -0.05) is 6.92 Å². The van der Waals surface area contributed by atoms with Crippen LogP contribution in [-0.4, -0.2) is 24.5 Å². The molecule has 0 radical (unpaired) electrons. The molecule has 1 aromatic carbocycles. The number of carbonyl (C=O) groups excluding carboxylic acids is 1. The summed E-state index contributed by atoms with van der Waals surface area (Å²) in [6.45, 7) is 4.29. The predicted octanol–water partition coefficient (Wildman–Crippen LogP) is 2.73. The molecule has 1 heterocycles. The van der Waals surface area contributed by atoms with E-state index < -0.39 is 0 Å². The summed E-state index contributed by atoms with van der Waals surface area (Å²) < 4.78 is 10.8. The topological polar surface area (TPSA) is 64.4 Å². The SMILES string of the molecule is CCC(=O)NCCc1nc(-c2ccc(OC)cc2)oc1C. The van der Waals surface area contributed by atoms with Gasteiger partial charge in [0.2, 0.25) is 11.8 Å². The zero-order valence-corrected chi connectivity index (χ0v) is 12.6. The molecule has 5 nitrogen and oxygen atoms in total. The second-order valence-corrected chi connectivity index (χ2v) is 4.70. The highest BCUT2D eigenvalue weighted by Crippen LogP contribution is 2.24. The van der Waals surface area contributed by atoms with E-state index in [1.165, 1.54) is 0 Å². The van der Waals surface area contributed by atoms with Gasteiger partial charge in [-0.05, 0) is 31.2 Å². The van der Waals surface area contributed by atoms with Crippen LogP contribution < -0.4 is 10.1 Å². The van der Waals surface area contributed by atoms with Gasteiger partial charge in [-0.3, -0.25) is 4.79 Å². The van der Waals surface area contributed by atoms with E-state index in [2.05, 4.69) is 10.3 Å². The fourth-order valence-corrected chi connectivity index (χ4v) is 1.96. The van der Waals surface area contributed by atoms with Crippen LogP contribution in [0.25, 0.3) is 11.5 Å². The van der Waals surface area contributed by atoms with Gasteiger partial charge in [-0.25, -0.2) is 4.98 Å². The largest absolute Gasteiger partial charge is 0.497 e. The lowest BCUT2D eigenvalue weighted by atomic mass is 10.2. The van der Waals surface area contributed by atoms with Gasteiger partial charge < -0.3 is 14.5 Å². The van der Waals surface area contributed by atoms with Gasteiger partial charge in [-0.2, -0.15) is 0 Å². The monoisotopic (exact) mass is 288 g/mol. The molecule has 1 aromatic heterocycles. The molecule has 0 saturated heterocycles. The Morgan fingerprint density at radius 2 is 2.05 bits per heavy atom. The van der Waals surface area contributed by atoms with E-state index in [1.807, 2.05) is 38.1 Å². The van der Waals surface area contributed by atoms with Gasteiger partial charge in [0.25, 0.3) is 0 Å². The van der Waals surface area contributed by atoms with Crippen LogP contribution in [0.1, 0.15) is 24.8 Å². The summed E-state index contributed by atoms with van der Waals surface area (Å²) in [6, 6.07) is 7.56. The van der Waals surface area contributed by atoms with Crippen LogP contribution in [0.15, 0.2) is 28.7 Å². The number of methoxy groups -OCH3 is 1. The number of aromatic nitrogens is 1. The minimum Gasteiger partial charge on any atom is -0.497 e. The highest BCUT2D eigenvalue weighted by atomic mass is 16.5. The first kappa shape index (κ1) is 15.1. The third-order valence-electron chi connectivity index (χ3n) is 3.23. The van der Waals surface area contributed by atoms with E-state index >= 15 is 0 Å². The fourth-order valence-electron chi connectivity index (χ4n) is 1.96. The van der Waals surface area contributed by atoms with Gasteiger partial charge in [0.05, 0.1) is 12.8 Å². The molecule has 21 heavy (non-hydrogen) atoms. The van der Waals surface area contributed by atoms with Crippen molar-refractivity contribution in [2.75, 3.05) is 13.7 Å². The molecule has 5 heteroatoms. The number of rotatable bonds is 6. The Hall–Kier alpha value is -2.30. The van der Waals surface area contributed by atoms with Crippen LogP contribution in [0.2, 0.25) is 0 Å². The molecular weight excluding hydrogens is 268 g/mol. The molecule has 0 aliphatic carbocycles. The van der Waals surface area contributed by atoms with Crippen LogP contribution >= 0.6 is 0 Å². The van der Waals surface area contributed by atoms with Crippen molar-refractivity contribution in [3.05, 3.63) is 35.7 Å². The summed E-state index contributed by atoms with van der Waals surface area (Å²) in [5, 5.41) is 2.84. The van der Waals surface area contributed by atoms with Crippen LogP contribution in [0.4, 0.5) is 0 Å². The Kier molecular flexibility index (Phi) is 4.98. The maximum atomic E-state index is 11.2. The van der Waals surface area contributed by atoms with E-state index in [4.69, 9.17) is 9.15 Å². The van der Waals surface area contributed by atoms with Gasteiger partial charge in [0, 0.05) is 24.9 Å².